The number of aromatic carboxylic acids is 1. The van der Waals surface area contributed by atoms with Gasteiger partial charge in [-0.2, -0.15) is 0 Å². The average molecular weight is 300 g/mol. The topological polar surface area (TPSA) is 73.7 Å². The fourth-order valence-corrected chi connectivity index (χ4v) is 2.54. The fourth-order valence-electron chi connectivity index (χ4n) is 2.54. The molecule has 2 N–H and O–H groups in total. The van der Waals surface area contributed by atoms with Gasteiger partial charge < -0.3 is 10.2 Å². The second-order valence-corrected chi connectivity index (χ2v) is 5.28. The van der Waals surface area contributed by atoms with Crippen LogP contribution in [0.4, 0.5) is 0 Å². The summed E-state index contributed by atoms with van der Waals surface area (Å²) in [5, 5.41) is 17.2. The number of hydrogen-bond acceptors (Lipinski definition) is 4. The molecule has 1 aromatic carbocycles. The van der Waals surface area contributed by atoms with Crippen LogP contribution < -0.4 is 0 Å². The number of carboxylic acid groups (broad SMARTS) is 1. The number of carbonyl (C=O) groups is 1. The molecule has 1 aromatic heterocycles. The maximum atomic E-state index is 10.2. The summed E-state index contributed by atoms with van der Waals surface area (Å²) in [4.78, 5) is 16.8. The molecular formula is C17H20N2O3. The van der Waals surface area contributed by atoms with Crippen LogP contribution in [0.1, 0.15) is 34.8 Å². The number of pyridine rings is 1. The number of hydrogen-bond donors (Lipinski definition) is 2. The van der Waals surface area contributed by atoms with E-state index >= 15 is 0 Å². The van der Waals surface area contributed by atoms with Crippen molar-refractivity contribution in [2.45, 2.75) is 18.9 Å². The molecule has 2 heterocycles. The van der Waals surface area contributed by atoms with Crippen LogP contribution in [0.2, 0.25) is 0 Å². The fraction of sp³-hybridized carbons (Fsp3) is 0.294. The summed E-state index contributed by atoms with van der Waals surface area (Å²) < 4.78 is 0. The molecule has 1 atom stereocenters. The van der Waals surface area contributed by atoms with Gasteiger partial charge in [-0.25, -0.2) is 4.79 Å². The highest BCUT2D eigenvalue weighted by molar-refractivity contribution is 5.87. The Balaban J connectivity index is 0.000000164. The van der Waals surface area contributed by atoms with Gasteiger partial charge in [-0.05, 0) is 56.3 Å². The Morgan fingerprint density at radius 3 is 2.64 bits per heavy atom. The van der Waals surface area contributed by atoms with Gasteiger partial charge in [0.25, 0.3) is 0 Å². The van der Waals surface area contributed by atoms with Crippen molar-refractivity contribution in [3.8, 4) is 5.75 Å². The number of nitrogens with zero attached hydrogens (tertiary/aromatic N) is 2. The second-order valence-electron chi connectivity index (χ2n) is 5.28. The van der Waals surface area contributed by atoms with Gasteiger partial charge in [0.05, 0.1) is 5.56 Å². The highest BCUT2D eigenvalue weighted by Crippen LogP contribution is 2.29. The van der Waals surface area contributed by atoms with Crippen molar-refractivity contribution in [2.24, 2.45) is 0 Å². The lowest BCUT2D eigenvalue weighted by molar-refractivity contribution is 0.0696. The Hall–Kier alpha value is -2.40. The van der Waals surface area contributed by atoms with Crippen LogP contribution in [0.3, 0.4) is 0 Å². The SMILES string of the molecule is CN1CCCC1c1cccnc1.O=C(O)c1cccc(O)c1. The zero-order valence-corrected chi connectivity index (χ0v) is 12.5. The first-order valence-corrected chi connectivity index (χ1v) is 7.20. The van der Waals surface area contributed by atoms with E-state index in [-0.39, 0.29) is 11.3 Å². The summed E-state index contributed by atoms with van der Waals surface area (Å²) in [6.45, 7) is 1.22. The van der Waals surface area contributed by atoms with Gasteiger partial charge in [-0.3, -0.25) is 9.88 Å². The van der Waals surface area contributed by atoms with Crippen LogP contribution in [0, 0.1) is 0 Å². The minimum absolute atomic E-state index is 0.0279. The van der Waals surface area contributed by atoms with Crippen LogP contribution in [-0.4, -0.2) is 39.7 Å². The minimum atomic E-state index is -1.03. The summed E-state index contributed by atoms with van der Waals surface area (Å²) in [7, 11) is 2.19. The van der Waals surface area contributed by atoms with Gasteiger partial charge in [-0.15, -0.1) is 0 Å². The summed E-state index contributed by atoms with van der Waals surface area (Å²) in [5.74, 6) is -1.06. The van der Waals surface area contributed by atoms with Crippen LogP contribution in [0.5, 0.6) is 5.75 Å². The van der Waals surface area contributed by atoms with E-state index in [0.29, 0.717) is 6.04 Å². The second kappa shape index (κ2) is 7.56. The Morgan fingerprint density at radius 2 is 2.14 bits per heavy atom. The lowest BCUT2D eigenvalue weighted by atomic mass is 10.1. The number of aromatic hydroxyl groups is 1. The number of carboxylic acids is 1. The molecule has 116 valence electrons. The number of phenols is 1. The lowest BCUT2D eigenvalue weighted by Crippen LogP contribution is -2.17. The first-order valence-electron chi connectivity index (χ1n) is 7.20. The largest absolute Gasteiger partial charge is 0.508 e. The molecule has 5 heteroatoms. The summed E-state index contributed by atoms with van der Waals surface area (Å²) in [6, 6.07) is 10.3. The first-order chi connectivity index (χ1) is 10.6. The van der Waals surface area contributed by atoms with Crippen LogP contribution in [0.15, 0.2) is 48.8 Å². The van der Waals surface area contributed by atoms with Crippen molar-refractivity contribution in [3.63, 3.8) is 0 Å². The molecule has 0 aliphatic carbocycles. The minimum Gasteiger partial charge on any atom is -0.508 e. The summed E-state index contributed by atoms with van der Waals surface area (Å²) >= 11 is 0. The molecule has 5 nitrogen and oxygen atoms in total. The highest BCUT2D eigenvalue weighted by atomic mass is 16.4. The number of rotatable bonds is 2. The average Bonchev–Trinajstić information content (AvgIpc) is 2.95. The number of aromatic nitrogens is 1. The third-order valence-corrected chi connectivity index (χ3v) is 3.68. The lowest BCUT2D eigenvalue weighted by Gasteiger charge is -2.18. The molecule has 0 amide bonds. The molecule has 0 spiro atoms. The molecule has 0 saturated carbocycles. The molecule has 1 saturated heterocycles. The summed E-state index contributed by atoms with van der Waals surface area (Å²) in [6.07, 6.45) is 6.41. The van der Waals surface area contributed by atoms with E-state index in [9.17, 15) is 4.79 Å². The molecule has 22 heavy (non-hydrogen) atoms. The number of likely N-dealkylation sites (tertiary alicyclic amines) is 1. The van der Waals surface area contributed by atoms with Crippen molar-refractivity contribution in [1.82, 2.24) is 9.88 Å². The van der Waals surface area contributed by atoms with E-state index in [1.54, 1.807) is 0 Å². The summed E-state index contributed by atoms with van der Waals surface area (Å²) in [5.41, 5.74) is 1.46. The third kappa shape index (κ3) is 4.30. The smallest absolute Gasteiger partial charge is 0.335 e. The third-order valence-electron chi connectivity index (χ3n) is 3.68. The Morgan fingerprint density at radius 1 is 1.32 bits per heavy atom. The first kappa shape index (κ1) is 16.0. The van der Waals surface area contributed by atoms with Crippen LogP contribution in [-0.2, 0) is 0 Å². The molecule has 2 aromatic rings. The van der Waals surface area contributed by atoms with Crippen LogP contribution >= 0.6 is 0 Å². The van der Waals surface area contributed by atoms with Gasteiger partial charge >= 0.3 is 5.97 Å². The standard InChI is InChI=1S/C10H14N2.C7H6O3/c1-12-7-3-5-10(12)9-4-2-6-11-8-9;8-6-3-1-2-5(4-6)7(9)10/h2,4,6,8,10H,3,5,7H2,1H3;1-4,8H,(H,9,10). The zero-order valence-electron chi connectivity index (χ0n) is 12.5. The predicted octanol–water partition coefficient (Wildman–Crippen LogP) is 2.94. The van der Waals surface area contributed by atoms with Crippen molar-refractivity contribution in [2.75, 3.05) is 13.6 Å². The van der Waals surface area contributed by atoms with E-state index in [1.165, 1.54) is 49.2 Å². The molecule has 0 radical (unpaired) electrons. The van der Waals surface area contributed by atoms with Gasteiger partial charge in [0.15, 0.2) is 0 Å². The van der Waals surface area contributed by atoms with Crippen molar-refractivity contribution in [3.05, 3.63) is 59.9 Å². The molecule has 0 bridgehead atoms. The van der Waals surface area contributed by atoms with Crippen molar-refractivity contribution in [1.29, 1.82) is 0 Å². The van der Waals surface area contributed by atoms with E-state index in [0.717, 1.165) is 0 Å². The Labute approximate surface area is 129 Å². The Bertz CT molecular complexity index is 616. The molecule has 1 aliphatic heterocycles. The molecule has 1 aliphatic rings. The maximum Gasteiger partial charge on any atom is 0.335 e. The van der Waals surface area contributed by atoms with Gasteiger partial charge in [0.1, 0.15) is 5.75 Å². The monoisotopic (exact) mass is 300 g/mol. The predicted molar refractivity (Wildman–Crippen MR) is 83.9 cm³/mol. The van der Waals surface area contributed by atoms with E-state index in [1.807, 2.05) is 18.5 Å². The normalized spacial score (nSPS) is 17.6. The van der Waals surface area contributed by atoms with Gasteiger partial charge in [0, 0.05) is 18.4 Å². The van der Waals surface area contributed by atoms with E-state index < -0.39 is 5.97 Å². The van der Waals surface area contributed by atoms with Crippen molar-refractivity contribution < 1.29 is 15.0 Å². The quantitative estimate of drug-likeness (QED) is 0.892. The maximum absolute atomic E-state index is 10.2. The number of phenolic OH excluding ortho intramolecular Hbond substituents is 1. The van der Waals surface area contributed by atoms with E-state index in [4.69, 9.17) is 10.2 Å². The molecule has 3 rings (SSSR count). The molecule has 1 fully saturated rings. The number of benzene rings is 1. The van der Waals surface area contributed by atoms with Gasteiger partial charge in [-0.1, -0.05) is 12.1 Å². The van der Waals surface area contributed by atoms with Crippen LogP contribution in [0.25, 0.3) is 0 Å². The zero-order chi connectivity index (χ0) is 15.9. The highest BCUT2D eigenvalue weighted by Gasteiger charge is 2.21. The van der Waals surface area contributed by atoms with E-state index in [2.05, 4.69) is 23.0 Å². The van der Waals surface area contributed by atoms with Crippen molar-refractivity contribution >= 4 is 5.97 Å². The Kier molecular flexibility index (Phi) is 5.49. The molecular weight excluding hydrogens is 280 g/mol. The van der Waals surface area contributed by atoms with Gasteiger partial charge in [0.2, 0.25) is 0 Å². The molecule has 1 unspecified atom stereocenters.